The van der Waals surface area contributed by atoms with Crippen molar-refractivity contribution in [2.75, 3.05) is 4.90 Å². The molecule has 0 aliphatic heterocycles. The summed E-state index contributed by atoms with van der Waals surface area (Å²) in [4.78, 5) is 2.43. The van der Waals surface area contributed by atoms with Crippen molar-refractivity contribution < 1.29 is 4.42 Å². The zero-order valence-corrected chi connectivity index (χ0v) is 26.5. The number of benzene rings is 7. The van der Waals surface area contributed by atoms with Crippen LogP contribution < -0.4 is 4.90 Å². The van der Waals surface area contributed by atoms with Crippen LogP contribution in [0.1, 0.15) is 17.5 Å². The van der Waals surface area contributed by atoms with Crippen LogP contribution in [-0.2, 0) is 6.42 Å². The van der Waals surface area contributed by atoms with Crippen LogP contribution in [0.15, 0.2) is 174 Å². The molecule has 0 radical (unpaired) electrons. The van der Waals surface area contributed by atoms with Gasteiger partial charge < -0.3 is 9.32 Å². The molecule has 1 aliphatic rings. The van der Waals surface area contributed by atoms with Crippen molar-refractivity contribution in [3.63, 3.8) is 0 Å². The molecule has 0 atom stereocenters. The summed E-state index contributed by atoms with van der Waals surface area (Å²) in [5.41, 5.74) is 15.1. The van der Waals surface area contributed by atoms with Crippen molar-refractivity contribution in [3.05, 3.63) is 181 Å². The molecule has 48 heavy (non-hydrogen) atoms. The summed E-state index contributed by atoms with van der Waals surface area (Å²) in [5.74, 6) is 0. The second-order valence-electron chi connectivity index (χ2n) is 12.5. The van der Waals surface area contributed by atoms with Crippen molar-refractivity contribution in [2.24, 2.45) is 0 Å². The number of allylic oxidation sites excluding steroid dienone is 1. The second-order valence-corrected chi connectivity index (χ2v) is 12.5. The van der Waals surface area contributed by atoms with Crippen molar-refractivity contribution >= 4 is 45.1 Å². The third kappa shape index (κ3) is 5.09. The first-order valence-corrected chi connectivity index (χ1v) is 16.6. The minimum Gasteiger partial charge on any atom is -0.456 e. The van der Waals surface area contributed by atoms with Crippen LogP contribution >= 0.6 is 0 Å². The summed E-state index contributed by atoms with van der Waals surface area (Å²) in [6.07, 6.45) is 6.73. The van der Waals surface area contributed by atoms with E-state index in [9.17, 15) is 0 Å². The number of fused-ring (bicyclic) bond motifs is 4. The zero-order chi connectivity index (χ0) is 31.9. The Balaban J connectivity index is 1.21. The Morgan fingerprint density at radius 1 is 0.438 bits per heavy atom. The van der Waals surface area contributed by atoms with Crippen LogP contribution in [0, 0.1) is 0 Å². The Labute approximate surface area is 280 Å². The highest BCUT2D eigenvalue weighted by atomic mass is 16.3. The number of furan rings is 1. The summed E-state index contributed by atoms with van der Waals surface area (Å²) in [5, 5.41) is 2.29. The highest BCUT2D eigenvalue weighted by molar-refractivity contribution is 6.06. The lowest BCUT2D eigenvalue weighted by molar-refractivity contribution is 0.669. The van der Waals surface area contributed by atoms with E-state index in [0.717, 1.165) is 46.2 Å². The molecule has 1 aliphatic carbocycles. The van der Waals surface area contributed by atoms with Crippen LogP contribution in [0.25, 0.3) is 61.4 Å². The maximum atomic E-state index is 6.11. The SMILES string of the molecule is C1=Cc2c(cccc2N(c2ccc(-c3ccc4oc5ccccc5c4c3)cc2)c2cc(-c3ccccc3)cc(-c3ccccc3)c2)CC1. The van der Waals surface area contributed by atoms with Gasteiger partial charge >= 0.3 is 0 Å². The van der Waals surface area contributed by atoms with Gasteiger partial charge in [-0.15, -0.1) is 0 Å². The molecule has 7 aromatic carbocycles. The van der Waals surface area contributed by atoms with Gasteiger partial charge in [-0.05, 0) is 106 Å². The van der Waals surface area contributed by atoms with Gasteiger partial charge in [0.1, 0.15) is 11.2 Å². The molecule has 2 nitrogen and oxygen atoms in total. The number of anilines is 3. The summed E-state index contributed by atoms with van der Waals surface area (Å²) in [7, 11) is 0. The molecule has 0 spiro atoms. The van der Waals surface area contributed by atoms with Crippen LogP contribution in [0.3, 0.4) is 0 Å². The largest absolute Gasteiger partial charge is 0.456 e. The Morgan fingerprint density at radius 2 is 1.08 bits per heavy atom. The van der Waals surface area contributed by atoms with Gasteiger partial charge in [-0.2, -0.15) is 0 Å². The summed E-state index contributed by atoms with van der Waals surface area (Å²) in [6, 6.07) is 58.9. The highest BCUT2D eigenvalue weighted by Crippen LogP contribution is 2.43. The summed E-state index contributed by atoms with van der Waals surface area (Å²) in [6.45, 7) is 0. The van der Waals surface area contributed by atoms with E-state index in [-0.39, 0.29) is 0 Å². The third-order valence-corrected chi connectivity index (χ3v) is 9.50. The predicted octanol–water partition coefficient (Wildman–Crippen LogP) is 13.0. The maximum Gasteiger partial charge on any atom is 0.135 e. The molecule has 9 rings (SSSR count). The number of hydrogen-bond donors (Lipinski definition) is 0. The minimum absolute atomic E-state index is 0.914. The first-order chi connectivity index (χ1) is 23.8. The van der Waals surface area contributed by atoms with Gasteiger partial charge in [-0.1, -0.05) is 121 Å². The molecule has 0 saturated carbocycles. The van der Waals surface area contributed by atoms with Crippen LogP contribution in [-0.4, -0.2) is 0 Å². The lowest BCUT2D eigenvalue weighted by atomic mass is 9.94. The summed E-state index contributed by atoms with van der Waals surface area (Å²) < 4.78 is 6.11. The third-order valence-electron chi connectivity index (χ3n) is 9.50. The lowest BCUT2D eigenvalue weighted by Gasteiger charge is -2.30. The fourth-order valence-corrected chi connectivity index (χ4v) is 7.12. The Kier molecular flexibility index (Phi) is 6.98. The van der Waals surface area contributed by atoms with Gasteiger partial charge in [0.05, 0.1) is 5.69 Å². The number of hydrogen-bond acceptors (Lipinski definition) is 2. The fourth-order valence-electron chi connectivity index (χ4n) is 7.12. The van der Waals surface area contributed by atoms with E-state index in [0.29, 0.717) is 0 Å². The maximum absolute atomic E-state index is 6.11. The Bertz CT molecular complexity index is 2380. The van der Waals surface area contributed by atoms with E-state index in [2.05, 4.69) is 169 Å². The van der Waals surface area contributed by atoms with Gasteiger partial charge in [0.25, 0.3) is 0 Å². The molecule has 228 valence electrons. The van der Waals surface area contributed by atoms with E-state index in [1.807, 2.05) is 12.1 Å². The normalized spacial score (nSPS) is 12.3. The van der Waals surface area contributed by atoms with Crippen LogP contribution in [0.4, 0.5) is 17.1 Å². The minimum atomic E-state index is 0.914. The van der Waals surface area contributed by atoms with Crippen molar-refractivity contribution in [2.45, 2.75) is 12.8 Å². The molecule has 8 aromatic rings. The smallest absolute Gasteiger partial charge is 0.135 e. The average Bonchev–Trinajstić information content (AvgIpc) is 3.54. The predicted molar refractivity (Wildman–Crippen MR) is 202 cm³/mol. The van der Waals surface area contributed by atoms with Crippen LogP contribution in [0.5, 0.6) is 0 Å². The molecule has 1 heterocycles. The standard InChI is InChI=1S/C46H33NO/c1-3-12-32(13-4-1)37-28-38(33-14-5-2-6-15-33)30-40(29-37)47(44-20-11-17-35-16-7-8-18-41(35)44)39-25-22-34(23-26-39)36-24-27-46-43(31-36)42-19-9-10-21-45(42)48-46/h1-6,8-15,17-31H,7,16H2. The number of para-hydroxylation sites is 1. The molecular formula is C46H33NO. The number of aryl methyl sites for hydroxylation is 1. The molecule has 0 saturated heterocycles. The highest BCUT2D eigenvalue weighted by Gasteiger charge is 2.20. The quantitative estimate of drug-likeness (QED) is 0.185. The van der Waals surface area contributed by atoms with Crippen LogP contribution in [0.2, 0.25) is 0 Å². The molecule has 0 amide bonds. The van der Waals surface area contributed by atoms with E-state index in [1.54, 1.807) is 0 Å². The monoisotopic (exact) mass is 615 g/mol. The Hall–Kier alpha value is -6.12. The average molecular weight is 616 g/mol. The Morgan fingerprint density at radius 3 is 1.83 bits per heavy atom. The van der Waals surface area contributed by atoms with Gasteiger partial charge in [-0.3, -0.25) is 0 Å². The first kappa shape index (κ1) is 28.1. The van der Waals surface area contributed by atoms with Gasteiger partial charge in [0.15, 0.2) is 0 Å². The van der Waals surface area contributed by atoms with Crippen molar-refractivity contribution in [1.29, 1.82) is 0 Å². The van der Waals surface area contributed by atoms with Gasteiger partial charge in [-0.25, -0.2) is 0 Å². The molecular weight excluding hydrogens is 583 g/mol. The number of nitrogens with zero attached hydrogens (tertiary/aromatic N) is 1. The van der Waals surface area contributed by atoms with Gasteiger partial charge in [0.2, 0.25) is 0 Å². The first-order valence-electron chi connectivity index (χ1n) is 16.6. The number of rotatable bonds is 6. The molecule has 2 heteroatoms. The second kappa shape index (κ2) is 11.9. The van der Waals surface area contributed by atoms with Crippen molar-refractivity contribution in [1.82, 2.24) is 0 Å². The molecule has 0 N–H and O–H groups in total. The van der Waals surface area contributed by atoms with E-state index in [4.69, 9.17) is 4.42 Å². The van der Waals surface area contributed by atoms with Crippen molar-refractivity contribution in [3.8, 4) is 33.4 Å². The van der Waals surface area contributed by atoms with E-state index in [1.165, 1.54) is 50.2 Å². The lowest BCUT2D eigenvalue weighted by Crippen LogP contribution is -2.13. The zero-order valence-electron chi connectivity index (χ0n) is 26.5. The fraction of sp³-hybridized carbons (Fsp3) is 0.0435. The molecule has 0 bridgehead atoms. The molecule has 1 aromatic heterocycles. The molecule has 0 fully saturated rings. The van der Waals surface area contributed by atoms with E-state index < -0.39 is 0 Å². The van der Waals surface area contributed by atoms with Gasteiger partial charge in [0, 0.05) is 27.7 Å². The molecule has 0 unspecified atom stereocenters. The topological polar surface area (TPSA) is 16.4 Å². The van der Waals surface area contributed by atoms with E-state index >= 15 is 0 Å². The summed E-state index contributed by atoms with van der Waals surface area (Å²) >= 11 is 0.